The summed E-state index contributed by atoms with van der Waals surface area (Å²) in [4.78, 5) is 10.2. The fourth-order valence-corrected chi connectivity index (χ4v) is 7.05. The summed E-state index contributed by atoms with van der Waals surface area (Å²) in [6.07, 6.45) is 1.70. The number of carboxylic acid groups (broad SMARTS) is 1. The maximum absolute atomic E-state index is 15.2. The molecule has 3 N–H and O–H groups in total. The van der Waals surface area contributed by atoms with E-state index < -0.39 is 38.6 Å². The SMILES string of the molecule is CN(C[C@H](O)CNC(C)(C)CC1Cc2ccccc2C1)S(=O)(=O)c1cc(F)c(-c2ccccc2CCC(=O)O)cc1F. The summed E-state index contributed by atoms with van der Waals surface area (Å²) < 4.78 is 57.6. The molecule has 1 aliphatic rings. The number of carboxylic acids is 1. The molecule has 7 nitrogen and oxygen atoms in total. The zero-order valence-electron chi connectivity index (χ0n) is 24.1. The molecule has 1 aliphatic carbocycles. The van der Waals surface area contributed by atoms with E-state index in [2.05, 4.69) is 17.4 Å². The van der Waals surface area contributed by atoms with E-state index in [0.29, 0.717) is 17.5 Å². The van der Waals surface area contributed by atoms with E-state index in [4.69, 9.17) is 5.11 Å². The number of hydrogen-bond donors (Lipinski definition) is 3. The fourth-order valence-electron chi connectivity index (χ4n) is 5.78. The molecule has 3 aromatic rings. The van der Waals surface area contributed by atoms with Gasteiger partial charge in [-0.15, -0.1) is 0 Å². The molecule has 0 spiro atoms. The second-order valence-electron chi connectivity index (χ2n) is 11.8. The van der Waals surface area contributed by atoms with Crippen molar-refractivity contribution in [2.75, 3.05) is 20.1 Å². The predicted octanol–water partition coefficient (Wildman–Crippen LogP) is 4.80. The molecule has 0 fully saturated rings. The van der Waals surface area contributed by atoms with Crippen LogP contribution in [0.5, 0.6) is 0 Å². The van der Waals surface area contributed by atoms with E-state index >= 15 is 8.78 Å². The number of nitrogens with one attached hydrogen (secondary N) is 1. The third-order valence-electron chi connectivity index (χ3n) is 7.84. The van der Waals surface area contributed by atoms with Crippen molar-refractivity contribution < 1.29 is 32.2 Å². The van der Waals surface area contributed by atoms with Crippen LogP contribution in [0.15, 0.2) is 65.6 Å². The van der Waals surface area contributed by atoms with Crippen LogP contribution in [-0.2, 0) is 34.1 Å². The number of benzene rings is 3. The zero-order chi connectivity index (χ0) is 30.7. The lowest BCUT2D eigenvalue weighted by molar-refractivity contribution is -0.136. The molecule has 4 rings (SSSR count). The van der Waals surface area contributed by atoms with Gasteiger partial charge in [0.2, 0.25) is 10.0 Å². The largest absolute Gasteiger partial charge is 0.481 e. The van der Waals surface area contributed by atoms with Gasteiger partial charge in [0.15, 0.2) is 0 Å². The van der Waals surface area contributed by atoms with Crippen LogP contribution in [0, 0.1) is 17.6 Å². The number of aliphatic carboxylic acids is 1. The molecular formula is C32H38F2N2O5S. The lowest BCUT2D eigenvalue weighted by atomic mass is 9.88. The van der Waals surface area contributed by atoms with Crippen LogP contribution in [0.4, 0.5) is 8.78 Å². The van der Waals surface area contributed by atoms with Crippen molar-refractivity contribution in [2.45, 2.75) is 62.5 Å². The number of fused-ring (bicyclic) bond motifs is 1. The summed E-state index contributed by atoms with van der Waals surface area (Å²) in [6, 6.07) is 16.3. The minimum absolute atomic E-state index is 0.104. The number of aryl methyl sites for hydroxylation is 1. The van der Waals surface area contributed by atoms with Crippen LogP contribution in [-0.4, -0.2) is 60.7 Å². The van der Waals surface area contributed by atoms with E-state index in [9.17, 15) is 18.3 Å². The number of carbonyl (C=O) groups is 1. The quantitative estimate of drug-likeness (QED) is 0.260. The number of aliphatic hydroxyl groups excluding tert-OH is 1. The van der Waals surface area contributed by atoms with Crippen LogP contribution in [0.2, 0.25) is 0 Å². The lowest BCUT2D eigenvalue weighted by Crippen LogP contribution is -2.47. The van der Waals surface area contributed by atoms with Crippen molar-refractivity contribution in [2.24, 2.45) is 5.92 Å². The Morgan fingerprint density at radius 1 is 1.02 bits per heavy atom. The first-order chi connectivity index (χ1) is 19.8. The van der Waals surface area contributed by atoms with Crippen molar-refractivity contribution in [1.82, 2.24) is 9.62 Å². The van der Waals surface area contributed by atoms with Gasteiger partial charge in [-0.3, -0.25) is 4.79 Å². The van der Waals surface area contributed by atoms with Crippen LogP contribution >= 0.6 is 0 Å². The van der Waals surface area contributed by atoms with Gasteiger partial charge in [0.25, 0.3) is 0 Å². The maximum Gasteiger partial charge on any atom is 0.303 e. The molecule has 1 atom stereocenters. The highest BCUT2D eigenvalue weighted by atomic mass is 32.2. The van der Waals surface area contributed by atoms with Gasteiger partial charge in [-0.1, -0.05) is 48.5 Å². The van der Waals surface area contributed by atoms with E-state index in [1.54, 1.807) is 18.2 Å². The zero-order valence-corrected chi connectivity index (χ0v) is 24.9. The standard InChI is InChI=1S/C32H38F2N2O5S/c1-32(2,18-21-14-23-9-4-5-10-24(23)15-21)35-19-25(37)20-36(3)42(40,41)30-17-28(33)27(16-29(30)34)26-11-7-6-8-22(26)12-13-31(38)39/h4-11,16-17,21,25,35,37H,12-15,18-20H2,1-3H3,(H,38,39)/t25-/m1/s1. The molecule has 226 valence electrons. The first kappa shape index (κ1) is 31.7. The van der Waals surface area contributed by atoms with Crippen LogP contribution in [0.25, 0.3) is 11.1 Å². The Kier molecular flexibility index (Phi) is 9.82. The van der Waals surface area contributed by atoms with Gasteiger partial charge in [0.1, 0.15) is 16.5 Å². The average molecular weight is 601 g/mol. The summed E-state index contributed by atoms with van der Waals surface area (Å²) in [6.45, 7) is 3.89. The summed E-state index contributed by atoms with van der Waals surface area (Å²) in [5.41, 5.74) is 3.05. The fraction of sp³-hybridized carbons (Fsp3) is 0.406. The third kappa shape index (κ3) is 7.60. The Balaban J connectivity index is 1.39. The van der Waals surface area contributed by atoms with Gasteiger partial charge in [-0.2, -0.15) is 4.31 Å². The average Bonchev–Trinajstić information content (AvgIpc) is 3.33. The maximum atomic E-state index is 15.2. The molecule has 0 aliphatic heterocycles. The number of halogens is 2. The molecule has 0 aromatic heterocycles. The van der Waals surface area contributed by atoms with Gasteiger partial charge in [-0.25, -0.2) is 17.2 Å². The van der Waals surface area contributed by atoms with Gasteiger partial charge < -0.3 is 15.5 Å². The number of nitrogens with zero attached hydrogens (tertiary/aromatic N) is 1. The minimum atomic E-state index is -4.47. The summed E-state index contributed by atoms with van der Waals surface area (Å²) in [5, 5.41) is 23.0. The summed E-state index contributed by atoms with van der Waals surface area (Å²) in [7, 11) is -3.25. The Labute approximate surface area is 246 Å². The smallest absolute Gasteiger partial charge is 0.303 e. The molecule has 0 radical (unpaired) electrons. The van der Waals surface area contributed by atoms with Crippen molar-refractivity contribution >= 4 is 16.0 Å². The molecule has 0 bridgehead atoms. The second kappa shape index (κ2) is 13.0. The highest BCUT2D eigenvalue weighted by Gasteiger charge is 2.31. The Morgan fingerprint density at radius 2 is 1.64 bits per heavy atom. The summed E-state index contributed by atoms with van der Waals surface area (Å²) in [5.74, 6) is -2.65. The topological polar surface area (TPSA) is 107 Å². The number of rotatable bonds is 13. The number of likely N-dealkylation sites (N-methyl/N-ethyl adjacent to an activating group) is 1. The lowest BCUT2D eigenvalue weighted by Gasteiger charge is -2.31. The number of sulfonamides is 1. The Morgan fingerprint density at radius 3 is 2.29 bits per heavy atom. The monoisotopic (exact) mass is 600 g/mol. The Hall–Kier alpha value is -3.18. The highest BCUT2D eigenvalue weighted by Crippen LogP contribution is 2.33. The minimum Gasteiger partial charge on any atom is -0.481 e. The van der Waals surface area contributed by atoms with E-state index in [0.717, 1.165) is 29.6 Å². The van der Waals surface area contributed by atoms with Crippen LogP contribution < -0.4 is 5.32 Å². The third-order valence-corrected chi connectivity index (χ3v) is 9.68. The molecule has 10 heteroatoms. The van der Waals surface area contributed by atoms with Crippen LogP contribution in [0.1, 0.15) is 43.4 Å². The number of hydrogen-bond acceptors (Lipinski definition) is 5. The molecule has 3 aromatic carbocycles. The molecule has 0 saturated heterocycles. The number of aliphatic hydroxyl groups is 1. The molecular weight excluding hydrogens is 562 g/mol. The molecule has 42 heavy (non-hydrogen) atoms. The predicted molar refractivity (Wildman–Crippen MR) is 158 cm³/mol. The van der Waals surface area contributed by atoms with Gasteiger partial charge in [0, 0.05) is 37.7 Å². The van der Waals surface area contributed by atoms with E-state index in [1.807, 2.05) is 26.0 Å². The highest BCUT2D eigenvalue weighted by molar-refractivity contribution is 7.89. The molecule has 0 heterocycles. The van der Waals surface area contributed by atoms with Crippen LogP contribution in [0.3, 0.4) is 0 Å². The van der Waals surface area contributed by atoms with Gasteiger partial charge in [-0.05, 0) is 79.8 Å². The Bertz CT molecular complexity index is 1520. The summed E-state index contributed by atoms with van der Waals surface area (Å²) >= 11 is 0. The first-order valence-electron chi connectivity index (χ1n) is 14.0. The normalized spacial score (nSPS) is 14.7. The molecule has 0 amide bonds. The van der Waals surface area contributed by atoms with E-state index in [-0.39, 0.29) is 42.6 Å². The van der Waals surface area contributed by atoms with E-state index in [1.165, 1.54) is 24.2 Å². The second-order valence-corrected chi connectivity index (χ2v) is 13.8. The number of β-amino-alcohol motifs (C(OH)–C–C–N with tert-alkyl or cyclic N) is 1. The first-order valence-corrected chi connectivity index (χ1v) is 15.5. The van der Waals surface area contributed by atoms with Crippen molar-refractivity contribution in [1.29, 1.82) is 0 Å². The molecule has 0 unspecified atom stereocenters. The van der Waals surface area contributed by atoms with Gasteiger partial charge >= 0.3 is 5.97 Å². The molecule has 0 saturated carbocycles. The van der Waals surface area contributed by atoms with Crippen molar-refractivity contribution in [3.8, 4) is 11.1 Å². The van der Waals surface area contributed by atoms with Crippen molar-refractivity contribution in [3.05, 3.63) is 89.0 Å². The van der Waals surface area contributed by atoms with Crippen molar-refractivity contribution in [3.63, 3.8) is 0 Å². The van der Waals surface area contributed by atoms with Gasteiger partial charge in [0.05, 0.1) is 6.10 Å².